The van der Waals surface area contributed by atoms with Crippen LogP contribution in [0.2, 0.25) is 0 Å². The molecule has 0 N–H and O–H groups in total. The first-order chi connectivity index (χ1) is 5.58. The van der Waals surface area contributed by atoms with Crippen LogP contribution in [-0.4, -0.2) is 6.98 Å². The first kappa shape index (κ1) is 14.2. The van der Waals surface area contributed by atoms with Crippen LogP contribution >= 0.6 is 0 Å². The van der Waals surface area contributed by atoms with E-state index in [1.54, 1.807) is 0 Å². The number of rotatable bonds is 2. The first-order valence-electron chi connectivity index (χ1n) is 4.47. The third-order valence-electron chi connectivity index (χ3n) is 2.25. The average molecular weight is 216 g/mol. The van der Waals surface area contributed by atoms with Gasteiger partial charge in [-0.25, -0.2) is 0 Å². The Morgan fingerprint density at radius 2 is 1.54 bits per heavy atom. The van der Waals surface area contributed by atoms with Crippen LogP contribution in [0.25, 0.3) is 0 Å². The summed E-state index contributed by atoms with van der Waals surface area (Å²) in [5, 5.41) is 0. The van der Waals surface area contributed by atoms with Gasteiger partial charge in [0.05, 0.1) is 0 Å². The maximum Gasteiger partial charge on any atom is 1.00 e. The van der Waals surface area contributed by atoms with E-state index in [2.05, 4.69) is 0 Å². The maximum absolute atomic E-state index is 11.8. The summed E-state index contributed by atoms with van der Waals surface area (Å²) in [6, 6.07) is 0. The van der Waals surface area contributed by atoms with Crippen molar-refractivity contribution in [1.82, 2.24) is 0 Å². The summed E-state index contributed by atoms with van der Waals surface area (Å²) in [5.41, 5.74) is 0. The standard InChI is InChI=1S/C8H13BF3.K/c10-9(11,12)7-6-8-4-2-1-3-5-8;/h6-8H,1-5H2;/q-1;+1/b7-6+;. The Morgan fingerprint density at radius 1 is 1.00 bits per heavy atom. The van der Waals surface area contributed by atoms with E-state index in [9.17, 15) is 12.9 Å². The third kappa shape index (κ3) is 7.19. The number of allylic oxidation sites excluding steroid dienone is 1. The largest absolute Gasteiger partial charge is 1.00 e. The molecule has 0 atom stereocenters. The summed E-state index contributed by atoms with van der Waals surface area (Å²) < 4.78 is 35.4. The molecule has 13 heavy (non-hydrogen) atoms. The van der Waals surface area contributed by atoms with Gasteiger partial charge in [0, 0.05) is 0 Å². The summed E-state index contributed by atoms with van der Waals surface area (Å²) in [7, 11) is 0. The van der Waals surface area contributed by atoms with E-state index in [0.717, 1.165) is 25.7 Å². The van der Waals surface area contributed by atoms with Crippen molar-refractivity contribution in [3.63, 3.8) is 0 Å². The molecule has 0 nitrogen and oxygen atoms in total. The zero-order chi connectivity index (χ0) is 9.03. The molecule has 1 aliphatic rings. The monoisotopic (exact) mass is 216 g/mol. The summed E-state index contributed by atoms with van der Waals surface area (Å²) in [5.74, 6) is 0.623. The molecule has 1 rings (SSSR count). The Labute approximate surface area is 120 Å². The van der Waals surface area contributed by atoms with Gasteiger partial charge in [-0.2, -0.15) is 0 Å². The van der Waals surface area contributed by atoms with E-state index < -0.39 is 6.98 Å². The molecule has 70 valence electrons. The van der Waals surface area contributed by atoms with Gasteiger partial charge in [0.25, 0.3) is 0 Å². The van der Waals surface area contributed by atoms with E-state index in [-0.39, 0.29) is 57.3 Å². The average Bonchev–Trinajstić information content (AvgIpc) is 2.02. The van der Waals surface area contributed by atoms with Gasteiger partial charge in [-0.3, -0.25) is 0 Å². The van der Waals surface area contributed by atoms with Crippen LogP contribution in [0.4, 0.5) is 12.9 Å². The second-order valence-corrected chi connectivity index (χ2v) is 3.41. The van der Waals surface area contributed by atoms with E-state index in [0.29, 0.717) is 5.98 Å². The van der Waals surface area contributed by atoms with Crippen molar-refractivity contribution in [2.75, 3.05) is 0 Å². The van der Waals surface area contributed by atoms with Crippen LogP contribution in [0.15, 0.2) is 12.1 Å². The topological polar surface area (TPSA) is 0 Å². The minimum Gasteiger partial charge on any atom is -0.445 e. The molecule has 0 heterocycles. The van der Waals surface area contributed by atoms with Gasteiger partial charge in [-0.05, 0) is 18.8 Å². The maximum atomic E-state index is 11.8. The van der Waals surface area contributed by atoms with E-state index in [1.165, 1.54) is 12.5 Å². The van der Waals surface area contributed by atoms with E-state index >= 15 is 0 Å². The van der Waals surface area contributed by atoms with Gasteiger partial charge in [-0.1, -0.05) is 19.3 Å². The molecule has 0 aliphatic heterocycles. The summed E-state index contributed by atoms with van der Waals surface area (Å²) in [6.45, 7) is -4.71. The zero-order valence-corrected chi connectivity index (χ0v) is 11.1. The fourth-order valence-electron chi connectivity index (χ4n) is 1.61. The Balaban J connectivity index is 0.00000144. The van der Waals surface area contributed by atoms with Crippen molar-refractivity contribution in [3.8, 4) is 0 Å². The van der Waals surface area contributed by atoms with E-state index in [1.807, 2.05) is 0 Å². The van der Waals surface area contributed by atoms with Crippen LogP contribution in [0, 0.1) is 5.92 Å². The van der Waals surface area contributed by atoms with Crippen molar-refractivity contribution < 1.29 is 64.3 Å². The fourth-order valence-corrected chi connectivity index (χ4v) is 1.61. The quantitative estimate of drug-likeness (QED) is 0.590. The molecule has 0 radical (unpaired) electrons. The smallest absolute Gasteiger partial charge is 0.445 e. The number of hydrogen-bond donors (Lipinski definition) is 0. The molecular formula is C8H13BF3K. The van der Waals surface area contributed by atoms with Crippen LogP contribution in [0.1, 0.15) is 32.1 Å². The molecule has 1 aliphatic carbocycles. The molecule has 1 fully saturated rings. The Bertz CT molecular complexity index is 161. The molecule has 0 aromatic heterocycles. The Morgan fingerprint density at radius 3 is 2.00 bits per heavy atom. The first-order valence-corrected chi connectivity index (χ1v) is 4.47. The predicted molar refractivity (Wildman–Crippen MR) is 44.8 cm³/mol. The van der Waals surface area contributed by atoms with Gasteiger partial charge in [0.15, 0.2) is 0 Å². The molecule has 0 amide bonds. The van der Waals surface area contributed by atoms with Crippen molar-refractivity contribution in [3.05, 3.63) is 12.1 Å². The Hall–Kier alpha value is 1.23. The second-order valence-electron chi connectivity index (χ2n) is 3.41. The van der Waals surface area contributed by atoms with Gasteiger partial charge in [0.2, 0.25) is 0 Å². The normalized spacial score (nSPS) is 20.2. The minimum absolute atomic E-state index is 0. The van der Waals surface area contributed by atoms with Crippen molar-refractivity contribution in [2.45, 2.75) is 32.1 Å². The van der Waals surface area contributed by atoms with Gasteiger partial charge in [-0.15, -0.1) is 12.1 Å². The van der Waals surface area contributed by atoms with Crippen molar-refractivity contribution >= 4 is 6.98 Å². The van der Waals surface area contributed by atoms with Gasteiger partial charge in [0.1, 0.15) is 0 Å². The van der Waals surface area contributed by atoms with Gasteiger partial charge < -0.3 is 12.9 Å². The summed E-state index contributed by atoms with van der Waals surface area (Å²) in [6.07, 6.45) is 6.56. The summed E-state index contributed by atoms with van der Waals surface area (Å²) in [4.78, 5) is 0. The Kier molecular flexibility index (Phi) is 7.30. The molecule has 0 bridgehead atoms. The van der Waals surface area contributed by atoms with Crippen molar-refractivity contribution in [1.29, 1.82) is 0 Å². The van der Waals surface area contributed by atoms with Crippen LogP contribution in [0.3, 0.4) is 0 Å². The molecule has 0 spiro atoms. The minimum atomic E-state index is -4.71. The molecule has 0 unspecified atom stereocenters. The predicted octanol–water partition coefficient (Wildman–Crippen LogP) is 0.513. The number of halogens is 3. The summed E-state index contributed by atoms with van der Waals surface area (Å²) >= 11 is 0. The molecule has 1 saturated carbocycles. The third-order valence-corrected chi connectivity index (χ3v) is 2.25. The van der Waals surface area contributed by atoms with Crippen LogP contribution in [0.5, 0.6) is 0 Å². The molecule has 0 saturated heterocycles. The van der Waals surface area contributed by atoms with E-state index in [4.69, 9.17) is 0 Å². The zero-order valence-electron chi connectivity index (χ0n) is 7.98. The SMILES string of the molecule is F[B-](F)(F)/C=C/C1CCCCC1.[K+]. The van der Waals surface area contributed by atoms with Crippen molar-refractivity contribution in [2.24, 2.45) is 5.92 Å². The molecule has 0 aromatic rings. The second kappa shape index (κ2) is 6.67. The van der Waals surface area contributed by atoms with Crippen LogP contribution in [-0.2, 0) is 0 Å². The fraction of sp³-hybridized carbons (Fsp3) is 0.750. The van der Waals surface area contributed by atoms with Crippen LogP contribution < -0.4 is 51.4 Å². The number of hydrogen-bond acceptors (Lipinski definition) is 0. The molecule has 5 heteroatoms. The molecular weight excluding hydrogens is 203 g/mol. The van der Waals surface area contributed by atoms with Gasteiger partial charge >= 0.3 is 58.4 Å². The molecule has 0 aromatic carbocycles.